The molecule has 3 N–H and O–H groups in total. The molecule has 0 radical (unpaired) electrons. The number of nitrogens with two attached hydrogens (primary N) is 1. The maximum absolute atomic E-state index is 11.1. The number of nitrogens with one attached hydrogen (secondary N) is 1. The average Bonchev–Trinajstić information content (AvgIpc) is 2.19. The molecule has 1 amide bonds. The Kier molecular flexibility index (Phi) is 3.86. The van der Waals surface area contributed by atoms with E-state index in [1.54, 1.807) is 0 Å². The molecule has 1 rings (SSSR count). The molecule has 0 bridgehead atoms. The molecule has 5 heteroatoms. The van der Waals surface area contributed by atoms with Crippen molar-refractivity contribution in [1.29, 1.82) is 5.26 Å². The van der Waals surface area contributed by atoms with Gasteiger partial charge in [0.05, 0.1) is 12.1 Å². The van der Waals surface area contributed by atoms with E-state index in [9.17, 15) is 4.79 Å². The Balaban J connectivity index is 2.71. The summed E-state index contributed by atoms with van der Waals surface area (Å²) in [6, 6.07) is 1.64. The molecule has 0 saturated carbocycles. The molecule has 1 fully saturated rings. The molecule has 0 aromatic heterocycles. The van der Waals surface area contributed by atoms with Crippen LogP contribution >= 0.6 is 0 Å². The number of rotatable bonds is 3. The third-order valence-electron chi connectivity index (χ3n) is 2.55. The lowest BCUT2D eigenvalue weighted by Crippen LogP contribution is -2.57. The minimum atomic E-state index is -0.338. The zero-order chi connectivity index (χ0) is 10.6. The summed E-state index contributed by atoms with van der Waals surface area (Å²) in [7, 11) is 0. The summed E-state index contributed by atoms with van der Waals surface area (Å²) in [5.41, 5.74) is 5.28. The van der Waals surface area contributed by atoms with Gasteiger partial charge in [0.25, 0.3) is 0 Å². The van der Waals surface area contributed by atoms with Crippen molar-refractivity contribution in [2.45, 2.75) is 25.4 Å². The number of nitriles is 1. The number of carbonyl (C=O) groups excluding carboxylic acids is 1. The number of hydrogen-bond acceptors (Lipinski definition) is 4. The first kappa shape index (κ1) is 11.0. The first-order valence-corrected chi connectivity index (χ1v) is 4.86. The van der Waals surface area contributed by atoms with Crippen LogP contribution in [0.25, 0.3) is 0 Å². The van der Waals surface area contributed by atoms with Gasteiger partial charge < -0.3 is 11.1 Å². The van der Waals surface area contributed by atoms with E-state index in [1.165, 1.54) is 0 Å². The third-order valence-corrected chi connectivity index (χ3v) is 2.55. The van der Waals surface area contributed by atoms with Crippen molar-refractivity contribution in [2.75, 3.05) is 19.6 Å². The maximum atomic E-state index is 11.1. The lowest BCUT2D eigenvalue weighted by Gasteiger charge is -2.36. The number of piperazine rings is 1. The number of amides is 1. The monoisotopic (exact) mass is 196 g/mol. The standard InChI is InChI=1S/C9H16N4O/c1-2-8(9(11)14)13-4-3-12-6-7(13)5-10/h7-8,12H,2-4,6H2,1H3,(H2,11,14). The van der Waals surface area contributed by atoms with Gasteiger partial charge in [0.15, 0.2) is 0 Å². The Morgan fingerprint density at radius 2 is 2.57 bits per heavy atom. The fraction of sp³-hybridized carbons (Fsp3) is 0.778. The zero-order valence-corrected chi connectivity index (χ0v) is 8.36. The summed E-state index contributed by atoms with van der Waals surface area (Å²) in [6.07, 6.45) is 0.660. The molecule has 78 valence electrons. The Bertz CT molecular complexity index is 248. The van der Waals surface area contributed by atoms with Crippen LogP contribution in [0.4, 0.5) is 0 Å². The van der Waals surface area contributed by atoms with Gasteiger partial charge in [-0.25, -0.2) is 0 Å². The van der Waals surface area contributed by atoms with Crippen molar-refractivity contribution in [2.24, 2.45) is 5.73 Å². The van der Waals surface area contributed by atoms with Gasteiger partial charge in [0, 0.05) is 19.6 Å². The van der Waals surface area contributed by atoms with Crippen LogP contribution < -0.4 is 11.1 Å². The molecule has 0 aromatic carbocycles. The van der Waals surface area contributed by atoms with E-state index in [1.807, 2.05) is 11.8 Å². The third kappa shape index (κ3) is 2.22. The lowest BCUT2D eigenvalue weighted by atomic mass is 10.1. The molecule has 1 aliphatic heterocycles. The molecular formula is C9H16N4O. The average molecular weight is 196 g/mol. The van der Waals surface area contributed by atoms with Gasteiger partial charge in [-0.3, -0.25) is 9.69 Å². The Hall–Kier alpha value is -1.12. The van der Waals surface area contributed by atoms with E-state index in [0.717, 1.165) is 6.54 Å². The number of hydrogen-bond donors (Lipinski definition) is 2. The number of primary amides is 1. The van der Waals surface area contributed by atoms with Gasteiger partial charge in [-0.05, 0) is 6.42 Å². The molecule has 2 atom stereocenters. The predicted octanol–water partition coefficient (Wildman–Crippen LogP) is -0.952. The first-order valence-electron chi connectivity index (χ1n) is 4.86. The summed E-state index contributed by atoms with van der Waals surface area (Å²) < 4.78 is 0. The molecule has 1 heterocycles. The topological polar surface area (TPSA) is 82.2 Å². The highest BCUT2D eigenvalue weighted by atomic mass is 16.1. The molecule has 5 nitrogen and oxygen atoms in total. The highest BCUT2D eigenvalue weighted by Crippen LogP contribution is 2.10. The van der Waals surface area contributed by atoms with Crippen molar-refractivity contribution in [3.8, 4) is 6.07 Å². The smallest absolute Gasteiger partial charge is 0.234 e. The quantitative estimate of drug-likeness (QED) is 0.609. The SMILES string of the molecule is CCC(C(N)=O)N1CCNCC1C#N. The van der Waals surface area contributed by atoms with Crippen LogP contribution in [0.2, 0.25) is 0 Å². The van der Waals surface area contributed by atoms with E-state index >= 15 is 0 Å². The normalized spacial score (nSPS) is 25.3. The Morgan fingerprint density at radius 1 is 1.86 bits per heavy atom. The summed E-state index contributed by atoms with van der Waals surface area (Å²) in [5, 5.41) is 12.0. The van der Waals surface area contributed by atoms with Gasteiger partial charge in [-0.1, -0.05) is 6.92 Å². The van der Waals surface area contributed by atoms with Crippen molar-refractivity contribution in [1.82, 2.24) is 10.2 Å². The summed E-state index contributed by atoms with van der Waals surface area (Å²) in [4.78, 5) is 13.0. The largest absolute Gasteiger partial charge is 0.368 e. The summed E-state index contributed by atoms with van der Waals surface area (Å²) in [5.74, 6) is -0.338. The van der Waals surface area contributed by atoms with Crippen molar-refractivity contribution in [3.05, 3.63) is 0 Å². The second-order valence-electron chi connectivity index (χ2n) is 3.41. The Morgan fingerprint density at radius 3 is 3.07 bits per heavy atom. The second kappa shape index (κ2) is 4.94. The van der Waals surface area contributed by atoms with Crippen molar-refractivity contribution in [3.63, 3.8) is 0 Å². The van der Waals surface area contributed by atoms with Crippen LogP contribution in [0.3, 0.4) is 0 Å². The van der Waals surface area contributed by atoms with Gasteiger partial charge in [-0.2, -0.15) is 5.26 Å². The second-order valence-corrected chi connectivity index (χ2v) is 3.41. The zero-order valence-electron chi connectivity index (χ0n) is 8.36. The van der Waals surface area contributed by atoms with Crippen LogP contribution in [0, 0.1) is 11.3 Å². The summed E-state index contributed by atoms with van der Waals surface area (Å²) in [6.45, 7) is 4.04. The molecule has 0 aliphatic carbocycles. The van der Waals surface area contributed by atoms with E-state index < -0.39 is 0 Å². The summed E-state index contributed by atoms with van der Waals surface area (Å²) >= 11 is 0. The number of nitrogens with zero attached hydrogens (tertiary/aromatic N) is 2. The molecular weight excluding hydrogens is 180 g/mol. The van der Waals surface area contributed by atoms with Crippen LogP contribution in [-0.2, 0) is 4.79 Å². The van der Waals surface area contributed by atoms with Crippen LogP contribution in [0.15, 0.2) is 0 Å². The maximum Gasteiger partial charge on any atom is 0.234 e. The minimum absolute atomic E-state index is 0.235. The number of carbonyl (C=O) groups is 1. The molecule has 1 saturated heterocycles. The van der Waals surface area contributed by atoms with E-state index in [4.69, 9.17) is 11.0 Å². The van der Waals surface area contributed by atoms with Gasteiger partial charge >= 0.3 is 0 Å². The highest BCUT2D eigenvalue weighted by Gasteiger charge is 2.30. The first-order chi connectivity index (χ1) is 6.70. The van der Waals surface area contributed by atoms with Gasteiger partial charge in [0.2, 0.25) is 5.91 Å². The van der Waals surface area contributed by atoms with Crippen LogP contribution in [0.1, 0.15) is 13.3 Å². The van der Waals surface area contributed by atoms with Gasteiger partial charge in [0.1, 0.15) is 6.04 Å². The van der Waals surface area contributed by atoms with E-state index in [2.05, 4.69) is 11.4 Å². The molecule has 1 aliphatic rings. The van der Waals surface area contributed by atoms with Crippen molar-refractivity contribution < 1.29 is 4.79 Å². The molecule has 0 aromatic rings. The van der Waals surface area contributed by atoms with E-state index in [-0.39, 0.29) is 18.0 Å². The van der Waals surface area contributed by atoms with Crippen LogP contribution in [0.5, 0.6) is 0 Å². The highest BCUT2D eigenvalue weighted by molar-refractivity contribution is 5.79. The van der Waals surface area contributed by atoms with Crippen molar-refractivity contribution >= 4 is 5.91 Å². The lowest BCUT2D eigenvalue weighted by molar-refractivity contribution is -0.124. The fourth-order valence-corrected chi connectivity index (χ4v) is 1.81. The fourth-order valence-electron chi connectivity index (χ4n) is 1.81. The molecule has 14 heavy (non-hydrogen) atoms. The minimum Gasteiger partial charge on any atom is -0.368 e. The van der Waals surface area contributed by atoms with Gasteiger partial charge in [-0.15, -0.1) is 0 Å². The molecule has 2 unspecified atom stereocenters. The predicted molar refractivity (Wildman–Crippen MR) is 52.3 cm³/mol. The van der Waals surface area contributed by atoms with Crippen LogP contribution in [-0.4, -0.2) is 42.5 Å². The van der Waals surface area contributed by atoms with E-state index in [0.29, 0.717) is 19.5 Å². The Labute approximate surface area is 83.9 Å². The molecule has 0 spiro atoms.